The number of nitrogens with zero attached hydrogens (tertiary/aromatic N) is 3. The van der Waals surface area contributed by atoms with Gasteiger partial charge in [0.1, 0.15) is 0 Å². The maximum absolute atomic E-state index is 2.65. The van der Waals surface area contributed by atoms with E-state index >= 15 is 0 Å². The number of fused-ring (bicyclic) bond motifs is 21. The van der Waals surface area contributed by atoms with E-state index in [-0.39, 0.29) is 6.71 Å². The summed E-state index contributed by atoms with van der Waals surface area (Å²) in [5.41, 5.74) is 14.5. The molecule has 11 aromatic carbocycles. The Morgan fingerprint density at radius 1 is 0.229 bits per heavy atom. The molecule has 2 aliphatic heterocycles. The van der Waals surface area contributed by atoms with Crippen LogP contribution < -0.4 is 16.4 Å². The van der Waals surface area contributed by atoms with Gasteiger partial charge in [-0.1, -0.05) is 206 Å². The normalized spacial score (nSPS) is 12.5. The van der Waals surface area contributed by atoms with E-state index in [1.54, 1.807) is 0 Å². The van der Waals surface area contributed by atoms with Gasteiger partial charge in [-0.05, 0) is 95.9 Å². The summed E-state index contributed by atoms with van der Waals surface area (Å²) in [6, 6.07) is 91.3. The van der Waals surface area contributed by atoms with Crippen molar-refractivity contribution in [3.8, 4) is 17.1 Å². The first-order valence-electron chi connectivity index (χ1n) is 24.4. The lowest BCUT2D eigenvalue weighted by atomic mass is 9.34. The Morgan fingerprint density at radius 2 is 0.486 bits per heavy atom. The van der Waals surface area contributed by atoms with Crippen molar-refractivity contribution >= 4 is 132 Å². The second-order valence-electron chi connectivity index (χ2n) is 19.1. The van der Waals surface area contributed by atoms with Crippen LogP contribution in [0.1, 0.15) is 0 Å². The summed E-state index contributed by atoms with van der Waals surface area (Å²) >= 11 is 0. The molecule has 0 radical (unpaired) electrons. The molecule has 70 heavy (non-hydrogen) atoms. The molecule has 0 saturated heterocycles. The molecular weight excluding hydrogens is 846 g/mol. The van der Waals surface area contributed by atoms with Crippen LogP contribution in [0, 0.1) is 0 Å². The topological polar surface area (TPSA) is 14.8 Å². The minimum absolute atomic E-state index is 0.0977. The zero-order valence-corrected chi connectivity index (χ0v) is 38.0. The van der Waals surface area contributed by atoms with Gasteiger partial charge in [0, 0.05) is 54.7 Å². The fourth-order valence-corrected chi connectivity index (χ4v) is 13.0. The maximum atomic E-state index is 2.65. The Kier molecular flexibility index (Phi) is 7.70. The summed E-state index contributed by atoms with van der Waals surface area (Å²) < 4.78 is 7.80. The Balaban J connectivity index is 1.24. The number of para-hydroxylation sites is 6. The van der Waals surface area contributed by atoms with Crippen molar-refractivity contribution in [2.24, 2.45) is 0 Å². The highest BCUT2D eigenvalue weighted by Gasteiger charge is 2.40. The van der Waals surface area contributed by atoms with Crippen molar-refractivity contribution in [2.75, 3.05) is 0 Å². The number of benzene rings is 11. The molecule has 322 valence electrons. The highest BCUT2D eigenvalue weighted by molar-refractivity contribution is 7.00. The third kappa shape index (κ3) is 4.99. The van der Waals surface area contributed by atoms with Gasteiger partial charge in [-0.15, -0.1) is 0 Å². The second-order valence-corrected chi connectivity index (χ2v) is 19.1. The number of hydrogen-bond donors (Lipinski definition) is 0. The van der Waals surface area contributed by atoms with E-state index in [9.17, 15) is 0 Å². The van der Waals surface area contributed by atoms with Crippen LogP contribution in [0.3, 0.4) is 0 Å². The minimum atomic E-state index is -0.0977. The summed E-state index contributed by atoms with van der Waals surface area (Å²) in [5.74, 6) is 0. The Labute approximate surface area is 403 Å². The molecule has 16 rings (SSSR count). The fraction of sp³-hybridized carbons (Fsp3) is 0. The van der Waals surface area contributed by atoms with E-state index in [2.05, 4.69) is 256 Å². The van der Waals surface area contributed by atoms with Crippen molar-refractivity contribution < 1.29 is 0 Å². The van der Waals surface area contributed by atoms with E-state index in [4.69, 9.17) is 0 Å². The zero-order chi connectivity index (χ0) is 45.6. The van der Waals surface area contributed by atoms with Crippen LogP contribution in [0.4, 0.5) is 0 Å². The lowest BCUT2D eigenvalue weighted by Gasteiger charge is -2.36. The monoisotopic (exact) mass is 885 g/mol. The van der Waals surface area contributed by atoms with Gasteiger partial charge in [0.05, 0.1) is 27.8 Å². The number of aromatic nitrogens is 3. The predicted molar refractivity (Wildman–Crippen MR) is 299 cm³/mol. The Hall–Kier alpha value is -9.12. The van der Waals surface area contributed by atoms with Gasteiger partial charge >= 0.3 is 0 Å². The van der Waals surface area contributed by atoms with Gasteiger partial charge in [0.2, 0.25) is 0 Å². The van der Waals surface area contributed by atoms with Crippen molar-refractivity contribution in [1.82, 2.24) is 13.7 Å². The van der Waals surface area contributed by atoms with Crippen LogP contribution in [0.5, 0.6) is 0 Å². The smallest absolute Gasteiger partial charge is 0.252 e. The summed E-state index contributed by atoms with van der Waals surface area (Å²) in [6.07, 6.45) is 0. The van der Waals surface area contributed by atoms with Crippen molar-refractivity contribution in [3.63, 3.8) is 0 Å². The molecule has 0 saturated carbocycles. The number of hydrogen-bond acceptors (Lipinski definition) is 0. The van der Waals surface area contributed by atoms with Crippen LogP contribution in [0.2, 0.25) is 0 Å². The van der Waals surface area contributed by atoms with Crippen molar-refractivity contribution in [1.29, 1.82) is 0 Å². The first-order chi connectivity index (χ1) is 34.8. The third-order valence-electron chi connectivity index (χ3n) is 15.7. The summed E-state index contributed by atoms with van der Waals surface area (Å²) in [7, 11) is 0. The highest BCUT2D eigenvalue weighted by atomic mass is 15.0. The van der Waals surface area contributed by atoms with Crippen LogP contribution in [-0.2, 0) is 0 Å². The lowest BCUT2D eigenvalue weighted by molar-refractivity contribution is 1.10. The van der Waals surface area contributed by atoms with E-state index in [0.717, 1.165) is 16.7 Å². The van der Waals surface area contributed by atoms with Gasteiger partial charge in [-0.2, -0.15) is 0 Å². The average molecular weight is 886 g/mol. The minimum Gasteiger partial charge on any atom is -0.310 e. The SMILES string of the molecule is c1ccc2c(c1)c1ccccc1c1cccc3c1n(c1ccccc21)-c1cc(-n2c4ccccc4c4ccccc42)cc2c1B3c1cccc3c4ccccc4c4ccccc4c4ccccc4n-2c13. The van der Waals surface area contributed by atoms with Gasteiger partial charge < -0.3 is 13.7 Å². The quantitative estimate of drug-likeness (QED) is 0.146. The first-order valence-corrected chi connectivity index (χ1v) is 24.4. The molecular formula is C66H40BN3. The van der Waals surface area contributed by atoms with Gasteiger partial charge in [-0.25, -0.2) is 0 Å². The van der Waals surface area contributed by atoms with Crippen LogP contribution in [0.15, 0.2) is 243 Å². The van der Waals surface area contributed by atoms with E-state index < -0.39 is 0 Å². The van der Waals surface area contributed by atoms with E-state index in [0.29, 0.717) is 0 Å². The summed E-state index contributed by atoms with van der Waals surface area (Å²) in [5, 5.41) is 17.1. The molecule has 2 aliphatic rings. The molecule has 0 amide bonds. The highest BCUT2D eigenvalue weighted by Crippen LogP contribution is 2.41. The molecule has 0 bridgehead atoms. The Bertz CT molecular complexity index is 4500. The summed E-state index contributed by atoms with van der Waals surface area (Å²) in [4.78, 5) is 0. The lowest BCUT2D eigenvalue weighted by Crippen LogP contribution is -2.59. The molecule has 0 unspecified atom stereocenters. The number of rotatable bonds is 1. The molecule has 3 aromatic heterocycles. The largest absolute Gasteiger partial charge is 0.310 e. The molecule has 0 fully saturated rings. The molecule has 0 N–H and O–H groups in total. The zero-order valence-electron chi connectivity index (χ0n) is 38.0. The van der Waals surface area contributed by atoms with Crippen LogP contribution >= 0.6 is 0 Å². The predicted octanol–water partition coefficient (Wildman–Crippen LogP) is 15.0. The molecule has 3 nitrogen and oxygen atoms in total. The molecule has 0 aliphatic carbocycles. The Morgan fingerprint density at radius 3 is 0.843 bits per heavy atom. The maximum Gasteiger partial charge on any atom is 0.252 e. The van der Waals surface area contributed by atoms with Crippen molar-refractivity contribution in [2.45, 2.75) is 0 Å². The molecule has 0 spiro atoms. The van der Waals surface area contributed by atoms with Gasteiger partial charge in [0.15, 0.2) is 0 Å². The van der Waals surface area contributed by atoms with Gasteiger partial charge in [-0.3, -0.25) is 0 Å². The standard InChI is InChI=1S/C66H40BN3/c1-5-23-46-42(19-1)44-21-3-7-25-48(44)54-31-17-33-56-65(54)69(60-37-15-9-27-50(46)60)62-39-41(68-58-35-13-11-29-52(58)53-30-12-14-36-59(53)68)40-63-64(62)67(56)57-34-18-32-55-49-26-8-4-22-45(49)43-20-2-6-24-47(43)51-28-10-16-38-61(51)70(63)66(55)57/h1-40H. The van der Waals surface area contributed by atoms with Crippen LogP contribution in [-0.4, -0.2) is 20.4 Å². The first kappa shape index (κ1) is 37.9. The molecule has 0 atom stereocenters. The fourth-order valence-electron chi connectivity index (χ4n) is 13.0. The third-order valence-corrected chi connectivity index (χ3v) is 15.7. The average Bonchev–Trinajstić information content (AvgIpc) is 3.80. The molecule has 5 heterocycles. The second kappa shape index (κ2) is 14.2. The van der Waals surface area contributed by atoms with Crippen molar-refractivity contribution in [3.05, 3.63) is 243 Å². The molecule has 14 aromatic rings. The van der Waals surface area contributed by atoms with Gasteiger partial charge in [0.25, 0.3) is 6.71 Å². The summed E-state index contributed by atoms with van der Waals surface area (Å²) in [6.45, 7) is -0.0977. The molecule has 4 heteroatoms. The van der Waals surface area contributed by atoms with E-state index in [1.807, 2.05) is 0 Å². The van der Waals surface area contributed by atoms with Crippen LogP contribution in [0.25, 0.3) is 126 Å². The van der Waals surface area contributed by atoms with E-state index in [1.165, 1.54) is 125 Å².